The van der Waals surface area contributed by atoms with E-state index in [0.717, 1.165) is 22.5 Å². The summed E-state index contributed by atoms with van der Waals surface area (Å²) in [5.41, 5.74) is 0.886. The highest BCUT2D eigenvalue weighted by Gasteiger charge is 2.23. The maximum Gasteiger partial charge on any atom is 0.233 e. The van der Waals surface area contributed by atoms with Crippen LogP contribution in [0.2, 0.25) is 0 Å². The van der Waals surface area contributed by atoms with Gasteiger partial charge in [0.2, 0.25) is 5.91 Å². The molecule has 1 saturated carbocycles. The molecule has 26 heavy (non-hydrogen) atoms. The number of carbonyl (C=O) groups is 1. The van der Waals surface area contributed by atoms with Gasteiger partial charge in [0, 0.05) is 11.4 Å². The number of benzene rings is 1. The van der Waals surface area contributed by atoms with Crippen LogP contribution in [0.4, 0.5) is 5.82 Å². The molecular formula is C19H20N4O2S. The molecule has 1 aliphatic rings. The van der Waals surface area contributed by atoms with Crippen LogP contribution in [0.5, 0.6) is 0 Å². The fraction of sp³-hybridized carbons (Fsp3) is 0.316. The van der Waals surface area contributed by atoms with Crippen LogP contribution >= 0.6 is 11.8 Å². The van der Waals surface area contributed by atoms with Gasteiger partial charge in [-0.1, -0.05) is 23.9 Å². The minimum atomic E-state index is -0.306. The highest BCUT2D eigenvalue weighted by atomic mass is 32.2. The van der Waals surface area contributed by atoms with E-state index in [1.807, 2.05) is 37.3 Å². The van der Waals surface area contributed by atoms with Crippen LogP contribution in [-0.2, 0) is 11.3 Å². The molecule has 1 amide bonds. The molecule has 1 unspecified atom stereocenters. The summed E-state index contributed by atoms with van der Waals surface area (Å²) in [5.74, 6) is 1.51. The predicted molar refractivity (Wildman–Crippen MR) is 102 cm³/mol. The van der Waals surface area contributed by atoms with Gasteiger partial charge < -0.3 is 15.1 Å². The number of amides is 1. The zero-order chi connectivity index (χ0) is 17.9. The van der Waals surface area contributed by atoms with E-state index >= 15 is 0 Å². The Morgan fingerprint density at radius 3 is 2.88 bits per heavy atom. The molecule has 3 aromatic rings. The van der Waals surface area contributed by atoms with Crippen LogP contribution < -0.4 is 10.6 Å². The van der Waals surface area contributed by atoms with Crippen molar-refractivity contribution in [2.24, 2.45) is 0 Å². The van der Waals surface area contributed by atoms with Gasteiger partial charge in [-0.25, -0.2) is 9.97 Å². The minimum absolute atomic E-state index is 0.0696. The van der Waals surface area contributed by atoms with Gasteiger partial charge in [0.1, 0.15) is 11.6 Å². The summed E-state index contributed by atoms with van der Waals surface area (Å²) < 4.78 is 5.23. The van der Waals surface area contributed by atoms with Crippen LogP contribution in [0.1, 0.15) is 25.5 Å². The van der Waals surface area contributed by atoms with Crippen molar-refractivity contribution in [2.45, 2.75) is 42.8 Å². The monoisotopic (exact) mass is 368 g/mol. The maximum absolute atomic E-state index is 12.3. The lowest BCUT2D eigenvalue weighted by Crippen LogP contribution is -2.30. The number of furan rings is 1. The van der Waals surface area contributed by atoms with Crippen molar-refractivity contribution in [3.8, 4) is 0 Å². The number of hydrogen-bond donors (Lipinski definition) is 2. The van der Waals surface area contributed by atoms with Crippen LogP contribution in [0.25, 0.3) is 10.9 Å². The van der Waals surface area contributed by atoms with Crippen LogP contribution in [0.15, 0.2) is 52.2 Å². The molecule has 0 saturated heterocycles. The molecule has 0 aliphatic heterocycles. The van der Waals surface area contributed by atoms with Gasteiger partial charge in [0.05, 0.1) is 23.6 Å². The Bertz CT molecular complexity index is 909. The molecule has 0 radical (unpaired) electrons. The molecule has 134 valence electrons. The standard InChI is InChI=1S/C19H20N4O2S/c1-12(18(24)20-11-14-5-4-10-25-14)26-19-22-16-7-3-2-6-15(16)17(23-19)21-13-8-9-13/h2-7,10,12-13H,8-9,11H2,1H3,(H,20,24)(H,21,22,23). The number of anilines is 1. The van der Waals surface area contributed by atoms with E-state index in [2.05, 4.69) is 20.6 Å². The minimum Gasteiger partial charge on any atom is -0.467 e. The molecule has 0 spiro atoms. The van der Waals surface area contributed by atoms with E-state index in [0.29, 0.717) is 17.7 Å². The molecule has 4 rings (SSSR count). The topological polar surface area (TPSA) is 80.0 Å². The lowest BCUT2D eigenvalue weighted by molar-refractivity contribution is -0.120. The Morgan fingerprint density at radius 1 is 1.27 bits per heavy atom. The Labute approximate surface area is 155 Å². The number of aromatic nitrogens is 2. The highest BCUT2D eigenvalue weighted by molar-refractivity contribution is 8.00. The number of thioether (sulfide) groups is 1. The molecule has 2 heterocycles. The second-order valence-corrected chi connectivity index (χ2v) is 7.66. The van der Waals surface area contributed by atoms with E-state index in [1.165, 1.54) is 24.6 Å². The second-order valence-electron chi connectivity index (χ2n) is 6.35. The zero-order valence-electron chi connectivity index (χ0n) is 14.4. The highest BCUT2D eigenvalue weighted by Crippen LogP contribution is 2.30. The average molecular weight is 368 g/mol. The molecule has 6 nitrogen and oxygen atoms in total. The third kappa shape index (κ3) is 3.99. The van der Waals surface area contributed by atoms with Crippen molar-refractivity contribution in [3.63, 3.8) is 0 Å². The van der Waals surface area contributed by atoms with Gasteiger partial charge in [-0.2, -0.15) is 0 Å². The summed E-state index contributed by atoms with van der Waals surface area (Å²) in [6.45, 7) is 2.23. The van der Waals surface area contributed by atoms with E-state index in [1.54, 1.807) is 12.3 Å². The summed E-state index contributed by atoms with van der Waals surface area (Å²) in [7, 11) is 0. The van der Waals surface area contributed by atoms with E-state index < -0.39 is 0 Å². The van der Waals surface area contributed by atoms with E-state index in [9.17, 15) is 4.79 Å². The number of carbonyl (C=O) groups excluding carboxylic acids is 1. The van der Waals surface area contributed by atoms with Crippen molar-refractivity contribution < 1.29 is 9.21 Å². The molecule has 1 atom stereocenters. The Hall–Kier alpha value is -2.54. The number of rotatable bonds is 7. The Morgan fingerprint density at radius 2 is 2.12 bits per heavy atom. The summed E-state index contributed by atoms with van der Waals surface area (Å²) in [4.78, 5) is 21.6. The van der Waals surface area contributed by atoms with Gasteiger partial charge in [0.15, 0.2) is 5.16 Å². The van der Waals surface area contributed by atoms with E-state index in [-0.39, 0.29) is 11.2 Å². The molecule has 1 aromatic carbocycles. The van der Waals surface area contributed by atoms with Crippen molar-refractivity contribution in [2.75, 3.05) is 5.32 Å². The van der Waals surface area contributed by atoms with Crippen LogP contribution in [0.3, 0.4) is 0 Å². The molecule has 2 N–H and O–H groups in total. The fourth-order valence-corrected chi connectivity index (χ4v) is 3.38. The quantitative estimate of drug-likeness (QED) is 0.490. The lowest BCUT2D eigenvalue weighted by atomic mass is 10.2. The predicted octanol–water partition coefficient (Wildman–Crippen LogP) is 3.59. The first-order valence-corrected chi connectivity index (χ1v) is 9.57. The normalized spacial score (nSPS) is 15.0. The first kappa shape index (κ1) is 16.9. The summed E-state index contributed by atoms with van der Waals surface area (Å²) in [6, 6.07) is 12.1. The molecule has 2 aromatic heterocycles. The molecular weight excluding hydrogens is 348 g/mol. The van der Waals surface area contributed by atoms with E-state index in [4.69, 9.17) is 4.42 Å². The number of nitrogens with zero attached hydrogens (tertiary/aromatic N) is 2. The Balaban J connectivity index is 1.47. The van der Waals surface area contributed by atoms with Crippen LogP contribution in [-0.4, -0.2) is 27.2 Å². The van der Waals surface area contributed by atoms with Crippen molar-refractivity contribution >= 4 is 34.4 Å². The molecule has 1 fully saturated rings. The van der Waals surface area contributed by atoms with Crippen LogP contribution in [0, 0.1) is 0 Å². The van der Waals surface area contributed by atoms with Crippen molar-refractivity contribution in [1.29, 1.82) is 0 Å². The SMILES string of the molecule is CC(Sc1nc(NC2CC2)c2ccccc2n1)C(=O)NCc1ccco1. The zero-order valence-corrected chi connectivity index (χ0v) is 15.3. The van der Waals surface area contributed by atoms with Gasteiger partial charge in [-0.3, -0.25) is 4.79 Å². The first-order chi connectivity index (χ1) is 12.7. The first-order valence-electron chi connectivity index (χ1n) is 8.69. The van der Waals surface area contributed by atoms with Crippen molar-refractivity contribution in [3.05, 3.63) is 48.4 Å². The summed E-state index contributed by atoms with van der Waals surface area (Å²) in [5, 5.41) is 7.65. The number of hydrogen-bond acceptors (Lipinski definition) is 6. The summed E-state index contributed by atoms with van der Waals surface area (Å²) >= 11 is 1.36. The molecule has 0 bridgehead atoms. The lowest BCUT2D eigenvalue weighted by Gasteiger charge is -2.13. The number of nitrogens with one attached hydrogen (secondary N) is 2. The van der Waals surface area contributed by atoms with Gasteiger partial charge in [-0.05, 0) is 44.0 Å². The molecule has 1 aliphatic carbocycles. The second kappa shape index (κ2) is 7.37. The third-order valence-electron chi connectivity index (χ3n) is 4.17. The Kier molecular flexibility index (Phi) is 4.79. The summed E-state index contributed by atoms with van der Waals surface area (Å²) in [6.07, 6.45) is 3.94. The fourth-order valence-electron chi connectivity index (χ4n) is 2.58. The molecule has 7 heteroatoms. The maximum atomic E-state index is 12.3. The average Bonchev–Trinajstić information content (AvgIpc) is 3.30. The van der Waals surface area contributed by atoms with Gasteiger partial charge >= 0.3 is 0 Å². The third-order valence-corrected chi connectivity index (χ3v) is 5.13. The van der Waals surface area contributed by atoms with Gasteiger partial charge in [-0.15, -0.1) is 0 Å². The number of para-hydroxylation sites is 1. The van der Waals surface area contributed by atoms with Crippen molar-refractivity contribution in [1.82, 2.24) is 15.3 Å². The largest absolute Gasteiger partial charge is 0.467 e. The number of fused-ring (bicyclic) bond motifs is 1. The smallest absolute Gasteiger partial charge is 0.233 e. The van der Waals surface area contributed by atoms with Gasteiger partial charge in [0.25, 0.3) is 0 Å².